The normalized spacial score (nSPS) is 9.82. The molecule has 1 rings (SSSR count). The number of hydrogen-bond donors (Lipinski definition) is 0. The molecule has 1 aromatic heterocycles. The van der Waals surface area contributed by atoms with Crippen LogP contribution in [-0.4, -0.2) is 17.1 Å². The fourth-order valence-electron chi connectivity index (χ4n) is 0.537. The van der Waals surface area contributed by atoms with Crippen LogP contribution < -0.4 is 4.74 Å². The molecule has 0 fully saturated rings. The number of ether oxygens (including phenoxy) is 1. The van der Waals surface area contributed by atoms with E-state index in [1.54, 1.807) is 6.92 Å². The molecule has 0 aromatic carbocycles. The molecule has 0 aliphatic rings. The Balaban J connectivity index is 3.21. The van der Waals surface area contributed by atoms with Gasteiger partial charge in [0.25, 0.3) is 0 Å². The fraction of sp³-hybridized carbons (Fsp3) is 0.333. The highest BCUT2D eigenvalue weighted by atomic mass is 35.5. The topological polar surface area (TPSA) is 35.0 Å². The van der Waals surface area contributed by atoms with Gasteiger partial charge in [0.2, 0.25) is 0 Å². The van der Waals surface area contributed by atoms with Crippen molar-refractivity contribution in [2.24, 2.45) is 0 Å². The molecule has 0 bridgehead atoms. The molecule has 0 N–H and O–H groups in total. The van der Waals surface area contributed by atoms with E-state index in [0.717, 1.165) is 0 Å². The smallest absolute Gasteiger partial charge is 0.318 e. The second-order valence-electron chi connectivity index (χ2n) is 1.92. The van der Waals surface area contributed by atoms with Gasteiger partial charge in [0.05, 0.1) is 7.11 Å². The van der Waals surface area contributed by atoms with Crippen LogP contribution in [0.5, 0.6) is 6.01 Å². The van der Waals surface area contributed by atoms with E-state index in [0.29, 0.717) is 15.9 Å². The molecule has 0 unspecified atom stereocenters. The standard InChI is InChI=1S/C6H6Cl2N2O/c1-3-4(7)9-6(11-2)10-5(3)8/h1-2H3. The summed E-state index contributed by atoms with van der Waals surface area (Å²) in [4.78, 5) is 7.60. The minimum absolute atomic E-state index is 0.186. The molecule has 0 amide bonds. The zero-order valence-corrected chi connectivity index (χ0v) is 7.57. The van der Waals surface area contributed by atoms with Gasteiger partial charge in [0.15, 0.2) is 0 Å². The zero-order valence-electron chi connectivity index (χ0n) is 6.06. The maximum absolute atomic E-state index is 5.68. The Kier molecular flexibility index (Phi) is 2.52. The van der Waals surface area contributed by atoms with Gasteiger partial charge in [-0.3, -0.25) is 0 Å². The number of methoxy groups -OCH3 is 1. The van der Waals surface area contributed by atoms with E-state index in [1.807, 2.05) is 0 Å². The molecule has 1 heterocycles. The van der Waals surface area contributed by atoms with E-state index in [4.69, 9.17) is 27.9 Å². The van der Waals surface area contributed by atoms with Gasteiger partial charge in [-0.2, -0.15) is 9.97 Å². The Hall–Kier alpha value is -0.540. The largest absolute Gasteiger partial charge is 0.467 e. The van der Waals surface area contributed by atoms with Gasteiger partial charge in [-0.15, -0.1) is 0 Å². The summed E-state index contributed by atoms with van der Waals surface area (Å²) in [5.41, 5.74) is 0.661. The summed E-state index contributed by atoms with van der Waals surface area (Å²) in [5.74, 6) is 0. The van der Waals surface area contributed by atoms with Crippen molar-refractivity contribution in [3.05, 3.63) is 15.9 Å². The van der Waals surface area contributed by atoms with Crippen LogP contribution in [0.2, 0.25) is 10.3 Å². The maximum Gasteiger partial charge on any atom is 0.318 e. The van der Waals surface area contributed by atoms with Gasteiger partial charge in [-0.05, 0) is 6.92 Å². The van der Waals surface area contributed by atoms with Gasteiger partial charge in [0.1, 0.15) is 10.3 Å². The molecule has 11 heavy (non-hydrogen) atoms. The Morgan fingerprint density at radius 1 is 1.18 bits per heavy atom. The monoisotopic (exact) mass is 192 g/mol. The van der Waals surface area contributed by atoms with Crippen LogP contribution in [0, 0.1) is 6.92 Å². The minimum Gasteiger partial charge on any atom is -0.467 e. The van der Waals surface area contributed by atoms with Crippen LogP contribution in [0.4, 0.5) is 0 Å². The van der Waals surface area contributed by atoms with E-state index < -0.39 is 0 Å². The van der Waals surface area contributed by atoms with E-state index in [9.17, 15) is 0 Å². The van der Waals surface area contributed by atoms with E-state index in [2.05, 4.69) is 9.97 Å². The van der Waals surface area contributed by atoms with Crippen LogP contribution in [0.15, 0.2) is 0 Å². The SMILES string of the molecule is COc1nc(Cl)c(C)c(Cl)n1. The Labute approximate surface area is 74.3 Å². The van der Waals surface area contributed by atoms with Crippen molar-refractivity contribution in [1.29, 1.82) is 0 Å². The van der Waals surface area contributed by atoms with E-state index in [-0.39, 0.29) is 6.01 Å². The molecule has 0 aliphatic heterocycles. The van der Waals surface area contributed by atoms with E-state index >= 15 is 0 Å². The Morgan fingerprint density at radius 3 is 2.00 bits per heavy atom. The summed E-state index contributed by atoms with van der Waals surface area (Å²) in [6.45, 7) is 1.74. The third kappa shape index (κ3) is 1.73. The molecule has 0 saturated heterocycles. The minimum atomic E-state index is 0.186. The second-order valence-corrected chi connectivity index (χ2v) is 2.63. The molecule has 1 aromatic rings. The molecular weight excluding hydrogens is 187 g/mol. The summed E-state index contributed by atoms with van der Waals surface area (Å²) in [5, 5.41) is 0.642. The van der Waals surface area contributed by atoms with Crippen LogP contribution >= 0.6 is 23.2 Å². The predicted molar refractivity (Wildman–Crippen MR) is 43.3 cm³/mol. The molecule has 0 spiro atoms. The number of nitrogens with zero attached hydrogens (tertiary/aromatic N) is 2. The molecule has 3 nitrogen and oxygen atoms in total. The lowest BCUT2D eigenvalue weighted by molar-refractivity contribution is 0.379. The summed E-state index contributed by atoms with van der Waals surface area (Å²) >= 11 is 11.4. The number of halogens is 2. The summed E-state index contributed by atoms with van der Waals surface area (Å²) in [6.07, 6.45) is 0. The van der Waals surface area contributed by atoms with Gasteiger partial charge >= 0.3 is 6.01 Å². The van der Waals surface area contributed by atoms with Crippen molar-refractivity contribution in [3.63, 3.8) is 0 Å². The van der Waals surface area contributed by atoms with Crippen LogP contribution in [-0.2, 0) is 0 Å². The third-order valence-corrected chi connectivity index (χ3v) is 1.93. The van der Waals surface area contributed by atoms with Crippen LogP contribution in [0.3, 0.4) is 0 Å². The molecule has 0 saturated carbocycles. The maximum atomic E-state index is 5.68. The number of hydrogen-bond acceptors (Lipinski definition) is 3. The highest BCUT2D eigenvalue weighted by molar-refractivity contribution is 6.34. The average Bonchev–Trinajstić information content (AvgIpc) is 1.99. The first-order valence-corrected chi connectivity index (χ1v) is 3.64. The first kappa shape index (κ1) is 8.56. The molecule has 0 radical (unpaired) electrons. The first-order chi connectivity index (χ1) is 5.15. The van der Waals surface area contributed by atoms with Crippen LogP contribution in [0.25, 0.3) is 0 Å². The molecule has 5 heteroatoms. The Morgan fingerprint density at radius 2 is 1.64 bits per heavy atom. The third-order valence-electron chi connectivity index (χ3n) is 1.19. The lowest BCUT2D eigenvalue weighted by Gasteiger charge is -2.01. The highest BCUT2D eigenvalue weighted by Crippen LogP contribution is 2.21. The number of aromatic nitrogens is 2. The molecular formula is C6H6Cl2N2O. The molecule has 0 aliphatic carbocycles. The average molecular weight is 193 g/mol. The van der Waals surface area contributed by atoms with E-state index in [1.165, 1.54) is 7.11 Å². The van der Waals surface area contributed by atoms with Crippen molar-refractivity contribution >= 4 is 23.2 Å². The summed E-state index contributed by atoms with van der Waals surface area (Å²) in [6, 6.07) is 0.186. The van der Waals surface area contributed by atoms with Crippen molar-refractivity contribution in [3.8, 4) is 6.01 Å². The summed E-state index contributed by atoms with van der Waals surface area (Å²) < 4.78 is 4.74. The molecule has 0 atom stereocenters. The second kappa shape index (κ2) is 3.24. The lowest BCUT2D eigenvalue weighted by Crippen LogP contribution is -1.94. The van der Waals surface area contributed by atoms with Gasteiger partial charge < -0.3 is 4.74 Å². The summed E-state index contributed by atoms with van der Waals surface area (Å²) in [7, 11) is 1.46. The zero-order chi connectivity index (χ0) is 8.43. The van der Waals surface area contributed by atoms with Gasteiger partial charge in [-0.1, -0.05) is 23.2 Å². The quantitative estimate of drug-likeness (QED) is 0.640. The Bertz CT molecular complexity index is 254. The van der Waals surface area contributed by atoms with Crippen LogP contribution in [0.1, 0.15) is 5.56 Å². The van der Waals surface area contributed by atoms with Gasteiger partial charge in [-0.25, -0.2) is 0 Å². The first-order valence-electron chi connectivity index (χ1n) is 2.88. The fourth-order valence-corrected chi connectivity index (χ4v) is 0.909. The number of rotatable bonds is 1. The van der Waals surface area contributed by atoms with Crippen molar-refractivity contribution < 1.29 is 4.74 Å². The lowest BCUT2D eigenvalue weighted by atomic mass is 10.4. The van der Waals surface area contributed by atoms with Crippen molar-refractivity contribution in [2.75, 3.05) is 7.11 Å². The van der Waals surface area contributed by atoms with Crippen molar-refractivity contribution in [2.45, 2.75) is 6.92 Å². The highest BCUT2D eigenvalue weighted by Gasteiger charge is 2.06. The molecule has 60 valence electrons. The van der Waals surface area contributed by atoms with Gasteiger partial charge in [0, 0.05) is 5.56 Å². The predicted octanol–water partition coefficient (Wildman–Crippen LogP) is 2.10. The van der Waals surface area contributed by atoms with Crippen molar-refractivity contribution in [1.82, 2.24) is 9.97 Å².